The fourth-order valence-electron chi connectivity index (χ4n) is 3.14. The van der Waals surface area contributed by atoms with E-state index in [1.807, 2.05) is 67.2 Å². The van der Waals surface area contributed by atoms with E-state index in [4.69, 9.17) is 4.42 Å². The molecular formula is C21H19N3O2. The van der Waals surface area contributed by atoms with Gasteiger partial charge in [0.05, 0.1) is 12.2 Å². The summed E-state index contributed by atoms with van der Waals surface area (Å²) in [6.45, 7) is 2.68. The van der Waals surface area contributed by atoms with E-state index < -0.39 is 0 Å². The summed E-state index contributed by atoms with van der Waals surface area (Å²) < 4.78 is 7.28. The van der Waals surface area contributed by atoms with Gasteiger partial charge in [0.25, 0.3) is 0 Å². The molecule has 4 rings (SSSR count). The summed E-state index contributed by atoms with van der Waals surface area (Å²) in [6, 6.07) is 17.4. The van der Waals surface area contributed by atoms with Gasteiger partial charge in [-0.3, -0.25) is 4.68 Å². The van der Waals surface area contributed by atoms with Crippen molar-refractivity contribution in [1.82, 2.24) is 9.78 Å². The number of nitrogens with zero attached hydrogens (tertiary/aromatic N) is 2. The van der Waals surface area contributed by atoms with E-state index in [-0.39, 0.29) is 5.63 Å². The Kier molecular flexibility index (Phi) is 4.05. The summed E-state index contributed by atoms with van der Waals surface area (Å²) in [7, 11) is 1.91. The van der Waals surface area contributed by atoms with E-state index in [0.717, 1.165) is 33.5 Å². The highest BCUT2D eigenvalue weighted by Gasteiger charge is 2.10. The number of benzene rings is 2. The lowest BCUT2D eigenvalue weighted by Gasteiger charge is -2.11. The monoisotopic (exact) mass is 345 g/mol. The van der Waals surface area contributed by atoms with Crippen LogP contribution >= 0.6 is 0 Å². The lowest BCUT2D eigenvalue weighted by molar-refractivity contribution is 0.561. The summed E-state index contributed by atoms with van der Waals surface area (Å²) in [4.78, 5) is 12.1. The number of fused-ring (bicyclic) bond motifs is 1. The van der Waals surface area contributed by atoms with Crippen LogP contribution in [-0.2, 0) is 13.6 Å². The van der Waals surface area contributed by atoms with Gasteiger partial charge in [0.15, 0.2) is 0 Å². The van der Waals surface area contributed by atoms with Gasteiger partial charge in [-0.15, -0.1) is 0 Å². The fraction of sp³-hybridized carbons (Fsp3) is 0.143. The molecule has 0 unspecified atom stereocenters. The zero-order valence-corrected chi connectivity index (χ0v) is 14.7. The summed E-state index contributed by atoms with van der Waals surface area (Å²) in [5, 5.41) is 8.43. The Morgan fingerprint density at radius 3 is 2.69 bits per heavy atom. The third-order valence-electron chi connectivity index (χ3n) is 4.58. The average Bonchev–Trinajstić information content (AvgIpc) is 3.04. The molecule has 0 atom stereocenters. The van der Waals surface area contributed by atoms with Gasteiger partial charge in [0, 0.05) is 42.0 Å². The Balaban J connectivity index is 1.74. The van der Waals surface area contributed by atoms with E-state index in [1.165, 1.54) is 0 Å². The number of aromatic nitrogens is 2. The van der Waals surface area contributed by atoms with Gasteiger partial charge in [0.2, 0.25) is 0 Å². The first kappa shape index (κ1) is 16.1. The Bertz CT molecular complexity index is 1140. The van der Waals surface area contributed by atoms with E-state index in [2.05, 4.69) is 10.4 Å². The van der Waals surface area contributed by atoms with Crippen LogP contribution in [0.4, 0.5) is 5.69 Å². The standard InChI is InChI=1S/C21H19N3O2/c1-14-5-3-4-6-17(14)19-12-21(25)26-20-11-15(7-8-18(19)20)22-13-16-9-10-23-24(16)2/h3-12,22H,13H2,1-2H3. The molecule has 0 saturated carbocycles. The van der Waals surface area contributed by atoms with Crippen LogP contribution in [0.5, 0.6) is 0 Å². The van der Waals surface area contributed by atoms with Crippen molar-refractivity contribution in [3.8, 4) is 11.1 Å². The van der Waals surface area contributed by atoms with E-state index >= 15 is 0 Å². The molecule has 26 heavy (non-hydrogen) atoms. The van der Waals surface area contributed by atoms with E-state index in [9.17, 15) is 4.79 Å². The highest BCUT2D eigenvalue weighted by molar-refractivity contribution is 5.95. The molecule has 0 bridgehead atoms. The average molecular weight is 345 g/mol. The van der Waals surface area contributed by atoms with Gasteiger partial charge in [-0.1, -0.05) is 24.3 Å². The van der Waals surface area contributed by atoms with Gasteiger partial charge in [0.1, 0.15) is 5.58 Å². The molecule has 0 amide bonds. The molecule has 0 aliphatic heterocycles. The van der Waals surface area contributed by atoms with Gasteiger partial charge in [-0.2, -0.15) is 5.10 Å². The van der Waals surface area contributed by atoms with E-state index in [1.54, 1.807) is 12.3 Å². The van der Waals surface area contributed by atoms with E-state index in [0.29, 0.717) is 12.1 Å². The summed E-state index contributed by atoms with van der Waals surface area (Å²) >= 11 is 0. The molecule has 0 spiro atoms. The fourth-order valence-corrected chi connectivity index (χ4v) is 3.14. The first-order chi connectivity index (χ1) is 12.6. The largest absolute Gasteiger partial charge is 0.423 e. The number of rotatable bonds is 4. The first-order valence-corrected chi connectivity index (χ1v) is 8.46. The van der Waals surface area contributed by atoms with Crippen molar-refractivity contribution < 1.29 is 4.42 Å². The van der Waals surface area contributed by atoms with Crippen molar-refractivity contribution in [3.05, 3.63) is 82.5 Å². The number of nitrogens with one attached hydrogen (secondary N) is 1. The maximum absolute atomic E-state index is 12.1. The Morgan fingerprint density at radius 1 is 1.08 bits per heavy atom. The van der Waals surface area contributed by atoms with Crippen LogP contribution in [0.2, 0.25) is 0 Å². The zero-order valence-electron chi connectivity index (χ0n) is 14.7. The summed E-state index contributed by atoms with van der Waals surface area (Å²) in [5.74, 6) is 0. The minimum absolute atomic E-state index is 0.348. The lowest BCUT2D eigenvalue weighted by Crippen LogP contribution is -2.05. The van der Waals surface area contributed by atoms with Crippen LogP contribution in [0, 0.1) is 6.92 Å². The van der Waals surface area contributed by atoms with Crippen molar-refractivity contribution >= 4 is 16.7 Å². The number of hydrogen-bond donors (Lipinski definition) is 1. The Hall–Kier alpha value is -3.34. The molecule has 4 aromatic rings. The maximum Gasteiger partial charge on any atom is 0.336 e. The molecule has 130 valence electrons. The van der Waals surface area contributed by atoms with Crippen molar-refractivity contribution in [3.63, 3.8) is 0 Å². The number of anilines is 1. The van der Waals surface area contributed by atoms with Gasteiger partial charge in [-0.25, -0.2) is 4.79 Å². The normalized spacial score (nSPS) is 11.0. The second-order valence-electron chi connectivity index (χ2n) is 6.30. The Labute approximate surface area is 150 Å². The summed E-state index contributed by atoms with van der Waals surface area (Å²) in [5.41, 5.74) is 5.25. The molecule has 5 heteroatoms. The van der Waals surface area contributed by atoms with Crippen LogP contribution in [0.1, 0.15) is 11.3 Å². The van der Waals surface area contributed by atoms with Gasteiger partial charge < -0.3 is 9.73 Å². The molecule has 2 heterocycles. The molecule has 1 N–H and O–H groups in total. The molecule has 2 aromatic heterocycles. The number of aryl methyl sites for hydroxylation is 2. The van der Waals surface area contributed by atoms with Crippen molar-refractivity contribution in [1.29, 1.82) is 0 Å². The van der Waals surface area contributed by atoms with Crippen LogP contribution < -0.4 is 10.9 Å². The molecule has 2 aromatic carbocycles. The molecule has 0 aliphatic rings. The number of hydrogen-bond acceptors (Lipinski definition) is 4. The molecular weight excluding hydrogens is 326 g/mol. The minimum atomic E-state index is -0.348. The predicted octanol–water partition coefficient (Wildman–Crippen LogP) is 4.11. The SMILES string of the molecule is Cc1ccccc1-c1cc(=O)oc2cc(NCc3ccnn3C)ccc12. The zero-order chi connectivity index (χ0) is 18.1. The van der Waals surface area contributed by atoms with Crippen molar-refractivity contribution in [2.45, 2.75) is 13.5 Å². The second kappa shape index (κ2) is 6.52. The maximum atomic E-state index is 12.1. The Morgan fingerprint density at radius 2 is 1.92 bits per heavy atom. The minimum Gasteiger partial charge on any atom is -0.423 e. The highest BCUT2D eigenvalue weighted by Crippen LogP contribution is 2.31. The van der Waals surface area contributed by atoms with Crippen molar-refractivity contribution in [2.24, 2.45) is 7.05 Å². The molecule has 0 fully saturated rings. The lowest BCUT2D eigenvalue weighted by atomic mass is 9.98. The summed E-state index contributed by atoms with van der Waals surface area (Å²) in [6.07, 6.45) is 1.77. The topological polar surface area (TPSA) is 60.1 Å². The molecule has 0 aliphatic carbocycles. The molecule has 5 nitrogen and oxygen atoms in total. The van der Waals surface area contributed by atoms with Crippen LogP contribution in [0.3, 0.4) is 0 Å². The highest BCUT2D eigenvalue weighted by atomic mass is 16.4. The van der Waals surface area contributed by atoms with Crippen LogP contribution in [-0.4, -0.2) is 9.78 Å². The second-order valence-corrected chi connectivity index (χ2v) is 6.30. The third kappa shape index (κ3) is 2.99. The smallest absolute Gasteiger partial charge is 0.336 e. The van der Waals surface area contributed by atoms with Crippen molar-refractivity contribution in [2.75, 3.05) is 5.32 Å². The van der Waals surface area contributed by atoms with Gasteiger partial charge >= 0.3 is 5.63 Å². The third-order valence-corrected chi connectivity index (χ3v) is 4.58. The quantitative estimate of drug-likeness (QED) is 0.565. The predicted molar refractivity (Wildman–Crippen MR) is 103 cm³/mol. The van der Waals surface area contributed by atoms with Crippen LogP contribution in [0.15, 0.2) is 70.0 Å². The molecule has 0 radical (unpaired) electrons. The first-order valence-electron chi connectivity index (χ1n) is 8.46. The molecule has 0 saturated heterocycles. The van der Waals surface area contributed by atoms with Crippen LogP contribution in [0.25, 0.3) is 22.1 Å². The van der Waals surface area contributed by atoms with Gasteiger partial charge in [-0.05, 0) is 36.2 Å².